The van der Waals surface area contributed by atoms with E-state index in [-0.39, 0.29) is 0 Å². The highest BCUT2D eigenvalue weighted by Gasteiger charge is 2.42. The second-order valence-electron chi connectivity index (χ2n) is 7.31. The number of phenolic OH excluding ortho intramolecular Hbond substituents is 1. The van der Waals surface area contributed by atoms with Crippen LogP contribution in [0.1, 0.15) is 42.7 Å². The van der Waals surface area contributed by atoms with Crippen molar-refractivity contribution in [2.75, 3.05) is 20.6 Å². The molecule has 0 amide bonds. The van der Waals surface area contributed by atoms with Gasteiger partial charge in [0.1, 0.15) is 5.75 Å². The van der Waals surface area contributed by atoms with Crippen LogP contribution in [-0.2, 0) is 0 Å². The van der Waals surface area contributed by atoms with Gasteiger partial charge in [-0.3, -0.25) is 0 Å². The van der Waals surface area contributed by atoms with Crippen molar-refractivity contribution in [3.05, 3.63) is 29.3 Å². The summed E-state index contributed by atoms with van der Waals surface area (Å²) in [6, 6.07) is 6.16. The maximum absolute atomic E-state index is 9.93. The van der Waals surface area contributed by atoms with Crippen LogP contribution in [0, 0.1) is 24.7 Å². The number of aryl methyl sites for hydroxylation is 1. The Bertz CT molecular complexity index is 462. The molecule has 2 heteroatoms. The molecular formula is C18H27NO. The van der Waals surface area contributed by atoms with Gasteiger partial charge in [-0.1, -0.05) is 12.5 Å². The summed E-state index contributed by atoms with van der Waals surface area (Å²) >= 11 is 0. The molecule has 0 aromatic heterocycles. The molecule has 0 spiro atoms. The second kappa shape index (κ2) is 5.40. The van der Waals surface area contributed by atoms with Crippen LogP contribution >= 0.6 is 0 Å². The summed E-state index contributed by atoms with van der Waals surface area (Å²) in [6.07, 6.45) is 5.59. The lowest BCUT2D eigenvalue weighted by Gasteiger charge is -2.39. The average molecular weight is 273 g/mol. The van der Waals surface area contributed by atoms with E-state index < -0.39 is 0 Å². The molecule has 0 aliphatic heterocycles. The number of phenols is 1. The number of fused-ring (bicyclic) bond motifs is 2. The van der Waals surface area contributed by atoms with E-state index in [2.05, 4.69) is 32.0 Å². The minimum Gasteiger partial charge on any atom is -0.508 e. The Kier molecular flexibility index (Phi) is 3.76. The van der Waals surface area contributed by atoms with Gasteiger partial charge in [0.15, 0.2) is 0 Å². The predicted molar refractivity (Wildman–Crippen MR) is 83.1 cm³/mol. The van der Waals surface area contributed by atoms with Crippen LogP contribution in [0.5, 0.6) is 5.75 Å². The number of benzene rings is 1. The third-order valence-electron chi connectivity index (χ3n) is 5.38. The largest absolute Gasteiger partial charge is 0.508 e. The molecule has 20 heavy (non-hydrogen) atoms. The predicted octanol–water partition coefficient (Wildman–Crippen LogP) is 3.78. The molecule has 0 saturated heterocycles. The zero-order valence-electron chi connectivity index (χ0n) is 13.0. The van der Waals surface area contributed by atoms with Gasteiger partial charge in [0.2, 0.25) is 0 Å². The molecule has 2 bridgehead atoms. The summed E-state index contributed by atoms with van der Waals surface area (Å²) in [4.78, 5) is 2.34. The molecule has 2 fully saturated rings. The van der Waals surface area contributed by atoms with Crippen molar-refractivity contribution >= 4 is 0 Å². The Morgan fingerprint density at radius 1 is 1.15 bits per heavy atom. The van der Waals surface area contributed by atoms with Crippen LogP contribution in [0.15, 0.2) is 18.2 Å². The maximum Gasteiger partial charge on any atom is 0.116 e. The van der Waals surface area contributed by atoms with Crippen molar-refractivity contribution in [3.63, 3.8) is 0 Å². The van der Waals surface area contributed by atoms with Gasteiger partial charge in [0.25, 0.3) is 0 Å². The van der Waals surface area contributed by atoms with Gasteiger partial charge in [0.05, 0.1) is 0 Å². The fourth-order valence-electron chi connectivity index (χ4n) is 4.67. The Labute approximate surface area is 122 Å². The number of aromatic hydroxyl groups is 1. The maximum atomic E-state index is 9.93. The van der Waals surface area contributed by atoms with E-state index in [1.165, 1.54) is 43.4 Å². The van der Waals surface area contributed by atoms with E-state index in [9.17, 15) is 5.11 Å². The third-order valence-corrected chi connectivity index (χ3v) is 5.38. The molecule has 0 heterocycles. The molecule has 1 N–H and O–H groups in total. The first-order chi connectivity index (χ1) is 9.52. The van der Waals surface area contributed by atoms with Gasteiger partial charge in [-0.05, 0) is 87.2 Å². The number of hydrogen-bond acceptors (Lipinski definition) is 2. The molecule has 4 atom stereocenters. The van der Waals surface area contributed by atoms with Crippen molar-refractivity contribution in [2.45, 2.75) is 38.5 Å². The summed E-state index contributed by atoms with van der Waals surface area (Å²) in [7, 11) is 4.37. The lowest BCUT2D eigenvalue weighted by Crippen LogP contribution is -2.34. The molecule has 0 unspecified atom stereocenters. The van der Waals surface area contributed by atoms with Gasteiger partial charge in [0, 0.05) is 6.54 Å². The Morgan fingerprint density at radius 2 is 1.95 bits per heavy atom. The summed E-state index contributed by atoms with van der Waals surface area (Å²) < 4.78 is 0. The van der Waals surface area contributed by atoms with Crippen LogP contribution in [0.25, 0.3) is 0 Å². The third kappa shape index (κ3) is 2.71. The monoisotopic (exact) mass is 273 g/mol. The first-order valence-corrected chi connectivity index (χ1v) is 7.98. The van der Waals surface area contributed by atoms with Crippen molar-refractivity contribution in [2.24, 2.45) is 17.8 Å². The highest BCUT2D eigenvalue weighted by molar-refractivity contribution is 5.35. The topological polar surface area (TPSA) is 23.5 Å². The molecule has 1 aromatic rings. The number of hydrogen-bond donors (Lipinski definition) is 1. The van der Waals surface area contributed by atoms with Crippen LogP contribution in [0.3, 0.4) is 0 Å². The van der Waals surface area contributed by atoms with Gasteiger partial charge in [-0.15, -0.1) is 0 Å². The Balaban J connectivity index is 1.91. The van der Waals surface area contributed by atoms with Gasteiger partial charge >= 0.3 is 0 Å². The fraction of sp³-hybridized carbons (Fsp3) is 0.667. The van der Waals surface area contributed by atoms with E-state index >= 15 is 0 Å². The summed E-state index contributed by atoms with van der Waals surface area (Å²) in [5, 5.41) is 9.93. The fourth-order valence-corrected chi connectivity index (χ4v) is 4.67. The molecule has 2 nitrogen and oxygen atoms in total. The molecule has 2 aliphatic rings. The smallest absolute Gasteiger partial charge is 0.116 e. The summed E-state index contributed by atoms with van der Waals surface area (Å²) in [5.41, 5.74) is 2.55. The van der Waals surface area contributed by atoms with Crippen LogP contribution in [-0.4, -0.2) is 30.6 Å². The normalized spacial score (nSPS) is 32.8. The zero-order chi connectivity index (χ0) is 14.3. The summed E-state index contributed by atoms with van der Waals surface area (Å²) in [5.74, 6) is 3.63. The van der Waals surface area contributed by atoms with Gasteiger partial charge in [-0.25, -0.2) is 0 Å². The van der Waals surface area contributed by atoms with E-state index in [0.29, 0.717) is 11.7 Å². The van der Waals surface area contributed by atoms with Gasteiger partial charge < -0.3 is 10.0 Å². The van der Waals surface area contributed by atoms with E-state index in [4.69, 9.17) is 0 Å². The Hall–Kier alpha value is -1.02. The number of rotatable bonds is 3. The number of nitrogens with zero attached hydrogens (tertiary/aromatic N) is 1. The lowest BCUT2D eigenvalue weighted by atomic mass is 9.69. The molecule has 3 rings (SSSR count). The van der Waals surface area contributed by atoms with E-state index in [1.807, 2.05) is 12.1 Å². The minimum atomic E-state index is 0.432. The molecule has 1 aromatic carbocycles. The van der Waals surface area contributed by atoms with Crippen molar-refractivity contribution in [3.8, 4) is 5.75 Å². The lowest BCUT2D eigenvalue weighted by molar-refractivity contribution is 0.165. The first-order valence-electron chi connectivity index (χ1n) is 7.98. The van der Waals surface area contributed by atoms with Crippen LogP contribution in [0.2, 0.25) is 0 Å². The minimum absolute atomic E-state index is 0.432. The average Bonchev–Trinajstić information content (AvgIpc) is 2.74. The van der Waals surface area contributed by atoms with Crippen molar-refractivity contribution in [1.29, 1.82) is 0 Å². The van der Waals surface area contributed by atoms with Crippen molar-refractivity contribution in [1.82, 2.24) is 4.90 Å². The molecule has 110 valence electrons. The molecule has 0 radical (unpaired) electrons. The quantitative estimate of drug-likeness (QED) is 0.906. The molecule has 2 saturated carbocycles. The molecular weight excluding hydrogens is 246 g/mol. The highest BCUT2D eigenvalue weighted by Crippen LogP contribution is 2.52. The summed E-state index contributed by atoms with van der Waals surface area (Å²) in [6.45, 7) is 3.26. The SMILES string of the molecule is Cc1cc(O)cc([C@@H]2C[C@H]3CC[C@H](C3)[C@@H]2CN(C)C)c1. The standard InChI is InChI=1S/C18H27NO/c1-12-6-15(10-16(20)7-12)17-9-13-4-5-14(8-13)18(17)11-19(2)3/h6-7,10,13-14,17-18,20H,4-5,8-9,11H2,1-3H3/t13-,14+,17-,18-/m0/s1. The Morgan fingerprint density at radius 3 is 2.65 bits per heavy atom. The highest BCUT2D eigenvalue weighted by atomic mass is 16.3. The van der Waals surface area contributed by atoms with E-state index in [0.717, 1.165) is 17.8 Å². The first kappa shape index (κ1) is 13.9. The zero-order valence-corrected chi connectivity index (χ0v) is 13.0. The molecule has 2 aliphatic carbocycles. The van der Waals surface area contributed by atoms with Crippen LogP contribution < -0.4 is 0 Å². The van der Waals surface area contributed by atoms with Crippen molar-refractivity contribution < 1.29 is 5.11 Å². The van der Waals surface area contributed by atoms with Crippen LogP contribution in [0.4, 0.5) is 0 Å². The van der Waals surface area contributed by atoms with Gasteiger partial charge in [-0.2, -0.15) is 0 Å². The second-order valence-corrected chi connectivity index (χ2v) is 7.31. The van der Waals surface area contributed by atoms with E-state index in [1.54, 1.807) is 0 Å².